The first-order chi connectivity index (χ1) is 13.3. The summed E-state index contributed by atoms with van der Waals surface area (Å²) in [6.45, 7) is 3.28. The van der Waals surface area contributed by atoms with Crippen molar-refractivity contribution in [2.24, 2.45) is 9.98 Å². The van der Waals surface area contributed by atoms with E-state index in [-0.39, 0.29) is 11.4 Å². The maximum Gasteiger partial charge on any atom is 0.151 e. The monoisotopic (exact) mass is 385 g/mol. The highest BCUT2D eigenvalue weighted by molar-refractivity contribution is 6.02. The molecule has 1 aromatic heterocycles. The van der Waals surface area contributed by atoms with E-state index in [1.165, 1.54) is 12.1 Å². The molecule has 3 rings (SSSR count). The molecule has 0 aliphatic heterocycles. The lowest BCUT2D eigenvalue weighted by molar-refractivity contribution is 0.584. The molecule has 3 nitrogen and oxygen atoms in total. The lowest BCUT2D eigenvalue weighted by Crippen LogP contribution is -2.05. The molecule has 0 N–H and O–H groups in total. The Labute approximate surface area is 159 Å². The molecule has 7 heteroatoms. The number of benzene rings is 2. The summed E-state index contributed by atoms with van der Waals surface area (Å²) < 4.78 is 53.6. The first-order valence-corrected chi connectivity index (χ1v) is 8.32. The third-order valence-electron chi connectivity index (χ3n) is 3.89. The van der Waals surface area contributed by atoms with Gasteiger partial charge in [0.2, 0.25) is 0 Å². The van der Waals surface area contributed by atoms with Gasteiger partial charge in [0.25, 0.3) is 0 Å². The van der Waals surface area contributed by atoms with Crippen LogP contribution in [0.5, 0.6) is 0 Å². The van der Waals surface area contributed by atoms with Crippen LogP contribution in [-0.2, 0) is 0 Å². The zero-order chi connectivity index (χ0) is 20.3. The number of halogens is 4. The van der Waals surface area contributed by atoms with Crippen LogP contribution < -0.4 is 0 Å². The topological polar surface area (TPSA) is 37.6 Å². The molecule has 2 aromatic carbocycles. The van der Waals surface area contributed by atoms with Crippen LogP contribution in [0.2, 0.25) is 0 Å². The van der Waals surface area contributed by atoms with Crippen molar-refractivity contribution in [2.45, 2.75) is 13.8 Å². The Morgan fingerprint density at radius 1 is 0.679 bits per heavy atom. The molecule has 0 atom stereocenters. The fourth-order valence-corrected chi connectivity index (χ4v) is 2.46. The number of nitrogens with zero attached hydrogens (tertiary/aromatic N) is 3. The summed E-state index contributed by atoms with van der Waals surface area (Å²) in [6, 6.07) is 11.3. The molecule has 28 heavy (non-hydrogen) atoms. The molecule has 0 bridgehead atoms. The summed E-state index contributed by atoms with van der Waals surface area (Å²) in [6.07, 6.45) is 0. The van der Waals surface area contributed by atoms with E-state index in [9.17, 15) is 17.6 Å². The lowest BCUT2D eigenvalue weighted by Gasteiger charge is -2.06. The number of aliphatic imine (C=N–C) groups is 2. The fourth-order valence-electron chi connectivity index (χ4n) is 2.46. The van der Waals surface area contributed by atoms with E-state index in [1.807, 2.05) is 0 Å². The van der Waals surface area contributed by atoms with Crippen molar-refractivity contribution in [1.29, 1.82) is 0 Å². The van der Waals surface area contributed by atoms with Gasteiger partial charge in [-0.2, -0.15) is 0 Å². The van der Waals surface area contributed by atoms with Gasteiger partial charge < -0.3 is 0 Å². The summed E-state index contributed by atoms with van der Waals surface area (Å²) in [7, 11) is 0. The summed E-state index contributed by atoms with van der Waals surface area (Å²) in [4.78, 5) is 12.7. The molecule has 1 heterocycles. The molecule has 0 aliphatic rings. The van der Waals surface area contributed by atoms with Crippen molar-refractivity contribution < 1.29 is 17.6 Å². The van der Waals surface area contributed by atoms with Gasteiger partial charge in [0.05, 0.1) is 34.2 Å². The van der Waals surface area contributed by atoms with Crippen LogP contribution in [0.25, 0.3) is 0 Å². The number of aromatic nitrogens is 1. The SMILES string of the molecule is CC(=Nc1ccc(F)cc1F)c1cccc(C(C)=Nc2ccc(F)cc2F)n1. The van der Waals surface area contributed by atoms with E-state index < -0.39 is 23.3 Å². The minimum atomic E-state index is -0.778. The van der Waals surface area contributed by atoms with Gasteiger partial charge in [-0.3, -0.25) is 0 Å². The zero-order valence-electron chi connectivity index (χ0n) is 15.0. The Morgan fingerprint density at radius 3 is 1.50 bits per heavy atom. The molecule has 0 saturated carbocycles. The average molecular weight is 385 g/mol. The second-order valence-electron chi connectivity index (χ2n) is 5.99. The lowest BCUT2D eigenvalue weighted by atomic mass is 10.2. The van der Waals surface area contributed by atoms with E-state index in [1.54, 1.807) is 32.0 Å². The smallest absolute Gasteiger partial charge is 0.151 e. The average Bonchev–Trinajstić information content (AvgIpc) is 2.66. The first-order valence-electron chi connectivity index (χ1n) is 8.32. The van der Waals surface area contributed by atoms with Crippen LogP contribution in [0, 0.1) is 23.3 Å². The van der Waals surface area contributed by atoms with Crippen molar-refractivity contribution in [1.82, 2.24) is 4.98 Å². The highest BCUT2D eigenvalue weighted by Crippen LogP contribution is 2.21. The molecule has 3 aromatic rings. The van der Waals surface area contributed by atoms with Crippen LogP contribution in [0.3, 0.4) is 0 Å². The van der Waals surface area contributed by atoms with Crippen molar-refractivity contribution in [2.75, 3.05) is 0 Å². The zero-order valence-corrected chi connectivity index (χ0v) is 15.0. The van der Waals surface area contributed by atoms with Gasteiger partial charge in [0.15, 0.2) is 11.6 Å². The molecule has 0 amide bonds. The number of hydrogen-bond donors (Lipinski definition) is 0. The van der Waals surface area contributed by atoms with Gasteiger partial charge in [0, 0.05) is 12.1 Å². The molecular weight excluding hydrogens is 370 g/mol. The largest absolute Gasteiger partial charge is 0.248 e. The predicted molar refractivity (Wildman–Crippen MR) is 101 cm³/mol. The van der Waals surface area contributed by atoms with Crippen LogP contribution in [-0.4, -0.2) is 16.4 Å². The van der Waals surface area contributed by atoms with Crippen LogP contribution in [0.15, 0.2) is 64.6 Å². The summed E-state index contributed by atoms with van der Waals surface area (Å²) in [5, 5.41) is 0. The van der Waals surface area contributed by atoms with Gasteiger partial charge in [0.1, 0.15) is 11.6 Å². The Kier molecular flexibility index (Phi) is 5.63. The highest BCUT2D eigenvalue weighted by atomic mass is 19.1. The number of hydrogen-bond acceptors (Lipinski definition) is 3. The molecule has 0 unspecified atom stereocenters. The predicted octanol–water partition coefficient (Wildman–Crippen LogP) is 5.92. The van der Waals surface area contributed by atoms with Gasteiger partial charge in [-0.05, 0) is 50.2 Å². The molecule has 142 valence electrons. The minimum Gasteiger partial charge on any atom is -0.248 e. The van der Waals surface area contributed by atoms with Crippen molar-refractivity contribution in [3.63, 3.8) is 0 Å². The van der Waals surface area contributed by atoms with E-state index in [2.05, 4.69) is 15.0 Å². The van der Waals surface area contributed by atoms with Gasteiger partial charge in [-0.15, -0.1) is 0 Å². The summed E-state index contributed by atoms with van der Waals surface area (Å²) >= 11 is 0. The van der Waals surface area contributed by atoms with E-state index in [4.69, 9.17) is 0 Å². The van der Waals surface area contributed by atoms with Crippen LogP contribution in [0.1, 0.15) is 25.2 Å². The second-order valence-corrected chi connectivity index (χ2v) is 5.99. The Balaban J connectivity index is 1.93. The standard InChI is InChI=1S/C21H15F4N3/c1-12(26-20-8-6-14(22)10-16(20)24)18-4-3-5-19(28-18)13(2)27-21-9-7-15(23)11-17(21)25/h3-11H,1-2H3. The van der Waals surface area contributed by atoms with Crippen LogP contribution >= 0.6 is 0 Å². The fraction of sp³-hybridized carbons (Fsp3) is 0.0952. The minimum absolute atomic E-state index is 0.00937. The van der Waals surface area contributed by atoms with Crippen LogP contribution in [0.4, 0.5) is 28.9 Å². The number of pyridine rings is 1. The Morgan fingerprint density at radius 2 is 1.11 bits per heavy atom. The quantitative estimate of drug-likeness (QED) is 0.406. The maximum atomic E-state index is 13.8. The Bertz CT molecular complexity index is 1010. The third-order valence-corrected chi connectivity index (χ3v) is 3.89. The van der Waals surface area contributed by atoms with Gasteiger partial charge in [-0.25, -0.2) is 32.5 Å². The van der Waals surface area contributed by atoms with Crippen molar-refractivity contribution >= 4 is 22.8 Å². The molecule has 0 spiro atoms. The summed E-state index contributed by atoms with van der Waals surface area (Å²) in [5.41, 5.74) is 1.71. The van der Waals surface area contributed by atoms with E-state index >= 15 is 0 Å². The molecule has 0 radical (unpaired) electrons. The number of rotatable bonds is 4. The van der Waals surface area contributed by atoms with Crippen molar-refractivity contribution in [3.05, 3.63) is 89.3 Å². The van der Waals surface area contributed by atoms with Gasteiger partial charge >= 0.3 is 0 Å². The molecule has 0 aliphatic carbocycles. The highest BCUT2D eigenvalue weighted by Gasteiger charge is 2.08. The van der Waals surface area contributed by atoms with Gasteiger partial charge in [-0.1, -0.05) is 6.07 Å². The maximum absolute atomic E-state index is 13.8. The normalized spacial score (nSPS) is 12.4. The second kappa shape index (κ2) is 8.12. The van der Waals surface area contributed by atoms with E-state index in [0.29, 0.717) is 22.8 Å². The molecule has 0 saturated heterocycles. The first kappa shape index (κ1) is 19.4. The molecule has 0 fully saturated rings. The molecular formula is C21H15F4N3. The van der Waals surface area contributed by atoms with Crippen molar-refractivity contribution in [3.8, 4) is 0 Å². The Hall–Kier alpha value is -3.35. The third kappa shape index (κ3) is 4.49. The van der Waals surface area contributed by atoms with E-state index in [0.717, 1.165) is 24.3 Å². The summed E-state index contributed by atoms with van der Waals surface area (Å²) in [5.74, 6) is -2.93.